The molecule has 1 amide bonds. The fraction of sp³-hybridized carbons (Fsp3) is 0.720. The van der Waals surface area contributed by atoms with E-state index in [0.29, 0.717) is 19.6 Å². The summed E-state index contributed by atoms with van der Waals surface area (Å²) in [6, 6.07) is 6.31. The van der Waals surface area contributed by atoms with Gasteiger partial charge in [0, 0.05) is 19.0 Å². The van der Waals surface area contributed by atoms with Crippen molar-refractivity contribution < 1.29 is 14.3 Å². The number of nitrogens with zero attached hydrogens (tertiary/aromatic N) is 1. The van der Waals surface area contributed by atoms with Crippen molar-refractivity contribution in [1.82, 2.24) is 10.2 Å². The van der Waals surface area contributed by atoms with Crippen molar-refractivity contribution in [2.75, 3.05) is 32.8 Å². The quantitative estimate of drug-likeness (QED) is 0.537. The van der Waals surface area contributed by atoms with Crippen LogP contribution in [0.15, 0.2) is 18.2 Å². The zero-order chi connectivity index (χ0) is 21.2. The molecule has 1 aromatic carbocycles. The van der Waals surface area contributed by atoms with Crippen LogP contribution >= 0.6 is 0 Å². The molecule has 1 aromatic rings. The SMILES string of the molecule is CCCCCCCC(=O)N[C@@H](Cc1ccc2c(c1)OCCO2)CN1CCC(C)CC1. The molecule has 0 bridgehead atoms. The van der Waals surface area contributed by atoms with Gasteiger partial charge in [0.2, 0.25) is 5.91 Å². The number of hydrogen-bond donors (Lipinski definition) is 1. The lowest BCUT2D eigenvalue weighted by Crippen LogP contribution is -2.47. The van der Waals surface area contributed by atoms with Crippen LogP contribution in [0.1, 0.15) is 70.8 Å². The minimum absolute atomic E-state index is 0.129. The van der Waals surface area contributed by atoms with Gasteiger partial charge in [0.05, 0.1) is 0 Å². The first kappa shape index (κ1) is 22.9. The average molecular weight is 417 g/mol. The number of hydrogen-bond acceptors (Lipinski definition) is 4. The van der Waals surface area contributed by atoms with Crippen molar-refractivity contribution in [2.24, 2.45) is 5.92 Å². The topological polar surface area (TPSA) is 50.8 Å². The van der Waals surface area contributed by atoms with Crippen LogP contribution in [-0.4, -0.2) is 49.7 Å². The van der Waals surface area contributed by atoms with Gasteiger partial charge in [-0.15, -0.1) is 0 Å². The number of piperidine rings is 1. The Kier molecular flexibility index (Phi) is 9.31. The van der Waals surface area contributed by atoms with E-state index in [1.165, 1.54) is 37.7 Å². The zero-order valence-electron chi connectivity index (χ0n) is 19.0. The Labute approximate surface area is 182 Å². The van der Waals surface area contributed by atoms with Crippen molar-refractivity contribution in [1.29, 1.82) is 0 Å². The van der Waals surface area contributed by atoms with Crippen LogP contribution in [0.4, 0.5) is 0 Å². The summed E-state index contributed by atoms with van der Waals surface area (Å²) < 4.78 is 11.4. The third kappa shape index (κ3) is 7.50. The van der Waals surface area contributed by atoms with Gasteiger partial charge in [-0.2, -0.15) is 0 Å². The molecule has 0 unspecified atom stereocenters. The lowest BCUT2D eigenvalue weighted by Gasteiger charge is -2.33. The number of benzene rings is 1. The maximum absolute atomic E-state index is 12.6. The van der Waals surface area contributed by atoms with Gasteiger partial charge in [-0.3, -0.25) is 4.79 Å². The molecule has 1 fully saturated rings. The normalized spacial score (nSPS) is 18.2. The number of rotatable bonds is 11. The molecule has 1 saturated heterocycles. The van der Waals surface area contributed by atoms with Crippen molar-refractivity contribution in [3.05, 3.63) is 23.8 Å². The monoisotopic (exact) mass is 416 g/mol. The van der Waals surface area contributed by atoms with E-state index >= 15 is 0 Å². The number of likely N-dealkylation sites (tertiary alicyclic amines) is 1. The molecule has 1 N–H and O–H groups in total. The second kappa shape index (κ2) is 12.2. The maximum atomic E-state index is 12.6. The Morgan fingerprint density at radius 2 is 1.83 bits per heavy atom. The van der Waals surface area contributed by atoms with E-state index in [9.17, 15) is 4.79 Å². The average Bonchev–Trinajstić information content (AvgIpc) is 2.75. The van der Waals surface area contributed by atoms with Gasteiger partial charge in [0.1, 0.15) is 13.2 Å². The number of ether oxygens (including phenoxy) is 2. The van der Waals surface area contributed by atoms with Crippen LogP contribution < -0.4 is 14.8 Å². The first-order valence-electron chi connectivity index (χ1n) is 12.0. The summed E-state index contributed by atoms with van der Waals surface area (Å²) in [4.78, 5) is 15.1. The molecular weight excluding hydrogens is 376 g/mol. The van der Waals surface area contributed by atoms with Gasteiger partial charge in [-0.1, -0.05) is 45.6 Å². The van der Waals surface area contributed by atoms with Crippen LogP contribution in [0.2, 0.25) is 0 Å². The molecular formula is C25H40N2O3. The molecule has 5 nitrogen and oxygen atoms in total. The first-order chi connectivity index (χ1) is 14.6. The fourth-order valence-electron chi connectivity index (χ4n) is 4.41. The highest BCUT2D eigenvalue weighted by molar-refractivity contribution is 5.76. The standard InChI is InChI=1S/C25H40N2O3/c1-3-4-5-6-7-8-25(28)26-22(19-27-13-11-20(2)12-14-27)17-21-9-10-23-24(18-21)30-16-15-29-23/h9-10,18,20,22H,3-8,11-17,19H2,1-2H3,(H,26,28)/t22-/m0/s1. The van der Waals surface area contributed by atoms with Crippen LogP contribution in [0, 0.1) is 5.92 Å². The predicted octanol–water partition coefficient (Wildman–Crippen LogP) is 4.58. The highest BCUT2D eigenvalue weighted by Crippen LogP contribution is 2.31. The molecule has 0 radical (unpaired) electrons. The Bertz CT molecular complexity index is 656. The predicted molar refractivity (Wildman–Crippen MR) is 121 cm³/mol. The van der Waals surface area contributed by atoms with Crippen molar-refractivity contribution in [2.45, 2.75) is 77.7 Å². The Morgan fingerprint density at radius 1 is 1.10 bits per heavy atom. The molecule has 1 atom stereocenters. The minimum atomic E-state index is 0.129. The van der Waals surface area contributed by atoms with Gasteiger partial charge in [-0.25, -0.2) is 0 Å². The second-order valence-corrected chi connectivity index (χ2v) is 9.09. The Balaban J connectivity index is 1.56. The summed E-state index contributed by atoms with van der Waals surface area (Å²) in [5, 5.41) is 3.34. The summed E-state index contributed by atoms with van der Waals surface area (Å²) in [5.74, 6) is 2.66. The van der Waals surface area contributed by atoms with Crippen LogP contribution in [-0.2, 0) is 11.2 Å². The Morgan fingerprint density at radius 3 is 2.60 bits per heavy atom. The maximum Gasteiger partial charge on any atom is 0.220 e. The first-order valence-corrected chi connectivity index (χ1v) is 12.0. The van der Waals surface area contributed by atoms with Crippen molar-refractivity contribution >= 4 is 5.91 Å². The second-order valence-electron chi connectivity index (χ2n) is 9.09. The summed E-state index contributed by atoms with van der Waals surface area (Å²) in [7, 11) is 0. The molecule has 0 spiro atoms. The lowest BCUT2D eigenvalue weighted by molar-refractivity contribution is -0.122. The number of fused-ring (bicyclic) bond motifs is 1. The molecule has 3 rings (SSSR count). The zero-order valence-corrected chi connectivity index (χ0v) is 19.0. The molecule has 0 saturated carbocycles. The van der Waals surface area contributed by atoms with E-state index < -0.39 is 0 Å². The van der Waals surface area contributed by atoms with E-state index in [1.807, 2.05) is 6.07 Å². The van der Waals surface area contributed by atoms with Crippen molar-refractivity contribution in [3.8, 4) is 11.5 Å². The molecule has 2 aliphatic rings. The van der Waals surface area contributed by atoms with Gasteiger partial charge in [0.25, 0.3) is 0 Å². The fourth-order valence-corrected chi connectivity index (χ4v) is 4.41. The summed E-state index contributed by atoms with van der Waals surface area (Å²) in [6.45, 7) is 8.94. The number of carbonyl (C=O) groups excluding carboxylic acids is 1. The van der Waals surface area contributed by atoms with Gasteiger partial charge < -0.3 is 19.7 Å². The molecule has 30 heavy (non-hydrogen) atoms. The van der Waals surface area contributed by atoms with Crippen LogP contribution in [0.5, 0.6) is 11.5 Å². The minimum Gasteiger partial charge on any atom is -0.486 e. The molecule has 0 aromatic heterocycles. The molecule has 0 aliphatic carbocycles. The number of amides is 1. The lowest BCUT2D eigenvalue weighted by atomic mass is 9.97. The van der Waals surface area contributed by atoms with E-state index in [1.54, 1.807) is 0 Å². The van der Waals surface area contributed by atoms with Crippen LogP contribution in [0.25, 0.3) is 0 Å². The summed E-state index contributed by atoms with van der Waals surface area (Å²) >= 11 is 0. The highest BCUT2D eigenvalue weighted by atomic mass is 16.6. The van der Waals surface area contributed by atoms with Gasteiger partial charge in [-0.05, 0) is 62.4 Å². The number of nitrogens with one attached hydrogen (secondary N) is 1. The highest BCUT2D eigenvalue weighted by Gasteiger charge is 2.22. The third-order valence-corrected chi connectivity index (χ3v) is 6.32. The number of unbranched alkanes of at least 4 members (excludes halogenated alkanes) is 4. The Hall–Kier alpha value is -1.75. The molecule has 168 valence electrons. The number of carbonyl (C=O) groups is 1. The summed E-state index contributed by atoms with van der Waals surface area (Å²) in [6.07, 6.45) is 9.84. The molecule has 2 aliphatic heterocycles. The molecule has 2 heterocycles. The largest absolute Gasteiger partial charge is 0.486 e. The van der Waals surface area contributed by atoms with Crippen LogP contribution in [0.3, 0.4) is 0 Å². The molecule has 5 heteroatoms. The van der Waals surface area contributed by atoms with E-state index in [4.69, 9.17) is 9.47 Å². The van der Waals surface area contributed by atoms with Gasteiger partial charge >= 0.3 is 0 Å². The van der Waals surface area contributed by atoms with E-state index in [2.05, 4.69) is 36.2 Å². The van der Waals surface area contributed by atoms with E-state index in [-0.39, 0.29) is 11.9 Å². The summed E-state index contributed by atoms with van der Waals surface area (Å²) in [5.41, 5.74) is 1.19. The van der Waals surface area contributed by atoms with E-state index in [0.717, 1.165) is 56.3 Å². The third-order valence-electron chi connectivity index (χ3n) is 6.32. The van der Waals surface area contributed by atoms with Crippen molar-refractivity contribution in [3.63, 3.8) is 0 Å². The van der Waals surface area contributed by atoms with Gasteiger partial charge in [0.15, 0.2) is 11.5 Å². The smallest absolute Gasteiger partial charge is 0.220 e.